The van der Waals surface area contributed by atoms with Gasteiger partial charge in [-0.05, 0) is 64.7 Å². The van der Waals surface area contributed by atoms with Gasteiger partial charge in [-0.3, -0.25) is 0 Å². The summed E-state index contributed by atoms with van der Waals surface area (Å²) < 4.78 is 55.4. The molecule has 1 unspecified atom stereocenters. The molecule has 0 aromatic rings. The van der Waals surface area contributed by atoms with Gasteiger partial charge in [0, 0.05) is 119 Å². The number of hydrogen-bond donors (Lipinski definition) is 1. The summed E-state index contributed by atoms with van der Waals surface area (Å²) >= 11 is 0. The normalized spacial score (nSPS) is 12.2. The Hall–Kier alpha value is -0.700. The van der Waals surface area contributed by atoms with Crippen molar-refractivity contribution in [2.45, 2.75) is 70.8 Å². The fourth-order valence-electron chi connectivity index (χ4n) is 3.60. The topological polar surface area (TPSA) is 113 Å². The van der Waals surface area contributed by atoms with Crippen molar-refractivity contribution < 1.29 is 52.5 Å². The molecule has 1 atom stereocenters. The van der Waals surface area contributed by atoms with Crippen molar-refractivity contribution in [3.63, 3.8) is 0 Å². The first-order chi connectivity index (χ1) is 21.8. The highest BCUT2D eigenvalue weighted by Crippen LogP contribution is 1.96. The summed E-state index contributed by atoms with van der Waals surface area (Å²) in [4.78, 5) is 0. The predicted octanol–water partition coefficient (Wildman–Crippen LogP) is 4.23. The highest BCUT2D eigenvalue weighted by molar-refractivity contribution is 4.63. The fraction of sp³-hybridized carbons (Fsp3) is 0.939. The smallest absolute Gasteiger partial charge is 0.0745 e. The van der Waals surface area contributed by atoms with Crippen LogP contribution in [0, 0.1) is 0 Å². The monoisotopic (exact) mass is 638 g/mol. The molecular weight excluding hydrogens is 572 g/mol. The van der Waals surface area contributed by atoms with Crippen LogP contribution in [0.5, 0.6) is 0 Å². The molecule has 44 heavy (non-hydrogen) atoms. The Balaban J connectivity index is 3.04. The maximum absolute atomic E-state index is 9.09. The van der Waals surface area contributed by atoms with E-state index in [2.05, 4.69) is 6.58 Å². The largest absolute Gasteiger partial charge is 0.391 e. The maximum Gasteiger partial charge on any atom is 0.0745 e. The molecule has 0 aromatic carbocycles. The summed E-state index contributed by atoms with van der Waals surface area (Å²) in [6.45, 7) is 19.0. The van der Waals surface area contributed by atoms with Crippen LogP contribution in [-0.4, -0.2) is 143 Å². The average molecular weight is 639 g/mol. The molecule has 0 saturated carbocycles. The molecular formula is C33H66O11. The minimum absolute atomic E-state index is 0.381. The van der Waals surface area contributed by atoms with E-state index in [4.69, 9.17) is 52.5 Å². The Morgan fingerprint density at radius 1 is 0.386 bits per heavy atom. The van der Waals surface area contributed by atoms with E-state index in [9.17, 15) is 0 Å². The third-order valence-corrected chi connectivity index (χ3v) is 5.79. The first-order valence-electron chi connectivity index (χ1n) is 16.8. The molecule has 264 valence electrons. The quantitative estimate of drug-likeness (QED) is 0.0769. The summed E-state index contributed by atoms with van der Waals surface area (Å²) in [7, 11) is 0. The lowest BCUT2D eigenvalue weighted by atomic mass is 10.4. The minimum Gasteiger partial charge on any atom is -0.391 e. The van der Waals surface area contributed by atoms with Crippen molar-refractivity contribution in [2.24, 2.45) is 0 Å². The van der Waals surface area contributed by atoms with Gasteiger partial charge >= 0.3 is 0 Å². The van der Waals surface area contributed by atoms with E-state index in [1.807, 2.05) is 0 Å². The SMILES string of the molecule is C=CCOCCCOCCCOCCCOCCCOCCCOCCCOCCCOCCCOCCCOCC(C)O. The Morgan fingerprint density at radius 3 is 0.795 bits per heavy atom. The number of rotatable bonds is 40. The summed E-state index contributed by atoms with van der Waals surface area (Å²) in [5.74, 6) is 0. The van der Waals surface area contributed by atoms with Gasteiger partial charge in [0.15, 0.2) is 0 Å². The van der Waals surface area contributed by atoms with Crippen LogP contribution in [0.25, 0.3) is 0 Å². The van der Waals surface area contributed by atoms with Gasteiger partial charge in [-0.25, -0.2) is 0 Å². The molecule has 0 rings (SSSR count). The zero-order valence-corrected chi connectivity index (χ0v) is 27.9. The van der Waals surface area contributed by atoms with E-state index < -0.39 is 6.10 Å². The first kappa shape index (κ1) is 43.3. The van der Waals surface area contributed by atoms with Gasteiger partial charge < -0.3 is 52.5 Å². The Labute approximate surface area is 268 Å². The average Bonchev–Trinajstić information content (AvgIpc) is 3.02. The third-order valence-electron chi connectivity index (χ3n) is 5.79. The molecule has 0 aliphatic rings. The van der Waals surface area contributed by atoms with Crippen LogP contribution >= 0.6 is 0 Å². The molecule has 0 radical (unpaired) electrons. The highest BCUT2D eigenvalue weighted by Gasteiger charge is 1.98. The van der Waals surface area contributed by atoms with Crippen LogP contribution in [0.3, 0.4) is 0 Å². The Kier molecular flexibility index (Phi) is 39.7. The molecule has 1 N–H and O–H groups in total. The second-order valence-corrected chi connectivity index (χ2v) is 10.4. The fourth-order valence-corrected chi connectivity index (χ4v) is 3.60. The molecule has 0 aliphatic heterocycles. The Bertz CT molecular complexity index is 526. The lowest BCUT2D eigenvalue weighted by Crippen LogP contribution is -2.12. The molecule has 0 saturated heterocycles. The van der Waals surface area contributed by atoms with Crippen molar-refractivity contribution in [1.82, 2.24) is 0 Å². The molecule has 11 nitrogen and oxygen atoms in total. The zero-order valence-electron chi connectivity index (χ0n) is 27.9. The third kappa shape index (κ3) is 41.3. The molecule has 0 aliphatic carbocycles. The number of aliphatic hydroxyl groups is 1. The molecule has 11 heteroatoms. The van der Waals surface area contributed by atoms with Crippen molar-refractivity contribution >= 4 is 0 Å². The van der Waals surface area contributed by atoms with Crippen LogP contribution in [0.1, 0.15) is 64.7 Å². The van der Waals surface area contributed by atoms with E-state index in [0.29, 0.717) is 106 Å². The summed E-state index contributed by atoms with van der Waals surface area (Å²) in [6, 6.07) is 0. The minimum atomic E-state index is -0.410. The van der Waals surface area contributed by atoms with Gasteiger partial charge in [-0.15, -0.1) is 6.58 Å². The lowest BCUT2D eigenvalue weighted by Gasteiger charge is -2.08. The van der Waals surface area contributed by atoms with Gasteiger partial charge in [-0.1, -0.05) is 6.08 Å². The van der Waals surface area contributed by atoms with Gasteiger partial charge in [0.25, 0.3) is 0 Å². The predicted molar refractivity (Wildman–Crippen MR) is 172 cm³/mol. The highest BCUT2D eigenvalue weighted by atomic mass is 16.5. The van der Waals surface area contributed by atoms with Crippen LogP contribution in [0.4, 0.5) is 0 Å². The van der Waals surface area contributed by atoms with Gasteiger partial charge in [0.1, 0.15) is 0 Å². The summed E-state index contributed by atoms with van der Waals surface area (Å²) in [5, 5.41) is 9.09. The standard InChI is InChI=1S/C33H66O11/c1-3-13-35-14-4-15-36-16-5-17-37-18-6-19-38-20-7-21-39-22-8-23-40-24-9-25-41-26-10-27-42-28-11-29-43-30-12-31-44-32-33(2)34/h3,33-34H,1,4-32H2,2H3. The lowest BCUT2D eigenvalue weighted by molar-refractivity contribution is 0.0275. The maximum atomic E-state index is 9.09. The second kappa shape index (κ2) is 40.3. The molecule has 0 aromatic heterocycles. The number of hydrogen-bond acceptors (Lipinski definition) is 11. The molecule has 0 bridgehead atoms. The molecule has 0 amide bonds. The van der Waals surface area contributed by atoms with Crippen LogP contribution < -0.4 is 0 Å². The van der Waals surface area contributed by atoms with E-state index in [0.717, 1.165) is 84.2 Å². The zero-order chi connectivity index (χ0) is 31.9. The van der Waals surface area contributed by atoms with Crippen molar-refractivity contribution in [2.75, 3.05) is 132 Å². The number of ether oxygens (including phenoxy) is 10. The first-order valence-corrected chi connectivity index (χ1v) is 16.8. The molecule has 0 fully saturated rings. The second-order valence-electron chi connectivity index (χ2n) is 10.4. The van der Waals surface area contributed by atoms with E-state index in [1.54, 1.807) is 13.0 Å². The summed E-state index contributed by atoms with van der Waals surface area (Å²) in [5.41, 5.74) is 0. The van der Waals surface area contributed by atoms with Crippen molar-refractivity contribution in [1.29, 1.82) is 0 Å². The molecule has 0 heterocycles. The van der Waals surface area contributed by atoms with Crippen LogP contribution in [-0.2, 0) is 47.4 Å². The van der Waals surface area contributed by atoms with E-state index in [-0.39, 0.29) is 0 Å². The molecule has 0 spiro atoms. The van der Waals surface area contributed by atoms with E-state index in [1.165, 1.54) is 0 Å². The Morgan fingerprint density at radius 2 is 0.591 bits per heavy atom. The van der Waals surface area contributed by atoms with Gasteiger partial charge in [0.2, 0.25) is 0 Å². The van der Waals surface area contributed by atoms with Gasteiger partial charge in [0.05, 0.1) is 19.3 Å². The van der Waals surface area contributed by atoms with Crippen LogP contribution in [0.2, 0.25) is 0 Å². The van der Waals surface area contributed by atoms with Crippen molar-refractivity contribution in [3.05, 3.63) is 12.7 Å². The summed E-state index contributed by atoms with van der Waals surface area (Å²) in [6.07, 6.45) is 9.38. The van der Waals surface area contributed by atoms with Crippen molar-refractivity contribution in [3.8, 4) is 0 Å². The van der Waals surface area contributed by atoms with Crippen LogP contribution in [0.15, 0.2) is 12.7 Å². The van der Waals surface area contributed by atoms with E-state index >= 15 is 0 Å². The van der Waals surface area contributed by atoms with Gasteiger partial charge in [-0.2, -0.15) is 0 Å². The number of aliphatic hydroxyl groups excluding tert-OH is 1.